The zero-order valence-electron chi connectivity index (χ0n) is 13.4. The van der Waals surface area contributed by atoms with E-state index in [1.54, 1.807) is 0 Å². The van der Waals surface area contributed by atoms with E-state index < -0.39 is 5.97 Å². The van der Waals surface area contributed by atoms with E-state index in [1.807, 2.05) is 20.8 Å². The Bertz CT molecular complexity index is 215. The fourth-order valence-electron chi connectivity index (χ4n) is 3.22. The summed E-state index contributed by atoms with van der Waals surface area (Å²) in [5, 5.41) is 0. The summed E-state index contributed by atoms with van der Waals surface area (Å²) in [4.78, 5) is 0. The van der Waals surface area contributed by atoms with Gasteiger partial charge in [0.05, 0.1) is 0 Å². The van der Waals surface area contributed by atoms with Crippen LogP contribution >= 0.6 is 0 Å². The Kier molecular flexibility index (Phi) is 7.33. The highest BCUT2D eigenvalue weighted by atomic mass is 16.9. The quantitative estimate of drug-likeness (QED) is 0.619. The van der Waals surface area contributed by atoms with Gasteiger partial charge in [-0.2, -0.15) is 0 Å². The smallest absolute Gasteiger partial charge is 0.285 e. The van der Waals surface area contributed by atoms with E-state index in [2.05, 4.69) is 13.8 Å². The molecule has 1 fully saturated rings. The van der Waals surface area contributed by atoms with Crippen LogP contribution in [0, 0.1) is 17.8 Å². The van der Waals surface area contributed by atoms with Crippen LogP contribution in [-0.2, 0) is 14.2 Å². The van der Waals surface area contributed by atoms with Crippen LogP contribution < -0.4 is 0 Å². The van der Waals surface area contributed by atoms with Crippen molar-refractivity contribution < 1.29 is 14.2 Å². The van der Waals surface area contributed by atoms with Crippen LogP contribution in [0.1, 0.15) is 60.3 Å². The molecule has 0 aromatic heterocycles. The molecule has 1 aliphatic carbocycles. The molecule has 0 radical (unpaired) electrons. The highest BCUT2D eigenvalue weighted by Crippen LogP contribution is 2.41. The van der Waals surface area contributed by atoms with Gasteiger partial charge in [-0.05, 0) is 58.3 Å². The second-order valence-electron chi connectivity index (χ2n) is 5.76. The SMILES string of the molecule is CCOC(OCC)(OCC)C1CCC(C(C)C)CC1. The molecule has 0 aliphatic heterocycles. The second kappa shape index (κ2) is 8.23. The fraction of sp³-hybridized carbons (Fsp3) is 1.00. The van der Waals surface area contributed by atoms with Crippen molar-refractivity contribution in [3.8, 4) is 0 Å². The van der Waals surface area contributed by atoms with Gasteiger partial charge >= 0.3 is 0 Å². The van der Waals surface area contributed by atoms with Crippen molar-refractivity contribution in [2.24, 2.45) is 17.8 Å². The van der Waals surface area contributed by atoms with E-state index in [4.69, 9.17) is 14.2 Å². The molecule has 1 aliphatic rings. The van der Waals surface area contributed by atoms with Crippen molar-refractivity contribution in [1.29, 1.82) is 0 Å². The number of ether oxygens (including phenoxy) is 3. The van der Waals surface area contributed by atoms with Crippen LogP contribution in [0.5, 0.6) is 0 Å². The number of hydrogen-bond acceptors (Lipinski definition) is 3. The Morgan fingerprint density at radius 3 is 1.58 bits per heavy atom. The third-order valence-corrected chi connectivity index (χ3v) is 4.25. The van der Waals surface area contributed by atoms with E-state index in [1.165, 1.54) is 12.8 Å². The molecule has 3 heteroatoms. The lowest BCUT2D eigenvalue weighted by molar-refractivity contribution is -0.405. The van der Waals surface area contributed by atoms with Crippen LogP contribution in [0.25, 0.3) is 0 Å². The van der Waals surface area contributed by atoms with Crippen LogP contribution in [0.15, 0.2) is 0 Å². The van der Waals surface area contributed by atoms with E-state index in [0.29, 0.717) is 25.7 Å². The molecule has 114 valence electrons. The summed E-state index contributed by atoms with van der Waals surface area (Å²) in [6.45, 7) is 12.6. The molecule has 1 saturated carbocycles. The summed E-state index contributed by atoms with van der Waals surface area (Å²) in [5.74, 6) is 1.18. The van der Waals surface area contributed by atoms with Crippen molar-refractivity contribution in [1.82, 2.24) is 0 Å². The minimum atomic E-state index is -0.805. The predicted octanol–water partition coefficient (Wildman–Crippen LogP) is 4.21. The maximum Gasteiger partial charge on any atom is 0.285 e. The second-order valence-corrected chi connectivity index (χ2v) is 5.76. The van der Waals surface area contributed by atoms with Crippen LogP contribution in [0.2, 0.25) is 0 Å². The van der Waals surface area contributed by atoms with E-state index in [9.17, 15) is 0 Å². The Morgan fingerprint density at radius 1 is 0.842 bits per heavy atom. The first-order valence-electron chi connectivity index (χ1n) is 8.01. The molecule has 0 unspecified atom stereocenters. The molecule has 0 bridgehead atoms. The fourth-order valence-corrected chi connectivity index (χ4v) is 3.22. The van der Waals surface area contributed by atoms with Gasteiger partial charge in [0, 0.05) is 25.7 Å². The van der Waals surface area contributed by atoms with Crippen LogP contribution in [-0.4, -0.2) is 25.8 Å². The van der Waals surface area contributed by atoms with Gasteiger partial charge in [0.1, 0.15) is 0 Å². The minimum absolute atomic E-state index is 0.363. The number of hydrogen-bond donors (Lipinski definition) is 0. The summed E-state index contributed by atoms with van der Waals surface area (Å²) in [6, 6.07) is 0. The first kappa shape index (κ1) is 16.9. The van der Waals surface area contributed by atoms with Gasteiger partial charge in [-0.1, -0.05) is 13.8 Å². The Labute approximate surface area is 119 Å². The molecule has 0 saturated heterocycles. The van der Waals surface area contributed by atoms with E-state index in [-0.39, 0.29) is 0 Å². The summed E-state index contributed by atoms with van der Waals surface area (Å²) in [7, 11) is 0. The average molecular weight is 272 g/mol. The largest absolute Gasteiger partial charge is 0.328 e. The molecule has 0 spiro atoms. The maximum absolute atomic E-state index is 5.90. The van der Waals surface area contributed by atoms with E-state index in [0.717, 1.165) is 24.7 Å². The minimum Gasteiger partial charge on any atom is -0.328 e. The van der Waals surface area contributed by atoms with Crippen molar-refractivity contribution in [3.05, 3.63) is 0 Å². The Morgan fingerprint density at radius 2 is 1.26 bits per heavy atom. The summed E-state index contributed by atoms with van der Waals surface area (Å²) >= 11 is 0. The molecule has 0 atom stereocenters. The van der Waals surface area contributed by atoms with Crippen LogP contribution in [0.4, 0.5) is 0 Å². The molecule has 3 nitrogen and oxygen atoms in total. The Balaban J connectivity index is 2.70. The first-order chi connectivity index (χ1) is 9.09. The van der Waals surface area contributed by atoms with Gasteiger partial charge in [0.2, 0.25) is 0 Å². The molecular weight excluding hydrogens is 240 g/mol. The lowest BCUT2D eigenvalue weighted by Gasteiger charge is -2.42. The zero-order valence-corrected chi connectivity index (χ0v) is 13.4. The topological polar surface area (TPSA) is 27.7 Å². The van der Waals surface area contributed by atoms with Crippen molar-refractivity contribution >= 4 is 0 Å². The molecule has 0 heterocycles. The monoisotopic (exact) mass is 272 g/mol. The first-order valence-corrected chi connectivity index (χ1v) is 8.01. The van der Waals surface area contributed by atoms with Gasteiger partial charge < -0.3 is 14.2 Å². The Hall–Kier alpha value is -0.120. The number of rotatable bonds is 8. The maximum atomic E-state index is 5.90. The van der Waals surface area contributed by atoms with Gasteiger partial charge in [0.15, 0.2) is 0 Å². The summed E-state index contributed by atoms with van der Waals surface area (Å²) in [6.07, 6.45) is 4.81. The predicted molar refractivity (Wildman–Crippen MR) is 77.9 cm³/mol. The highest BCUT2D eigenvalue weighted by Gasteiger charge is 2.43. The molecule has 0 aromatic carbocycles. The lowest BCUT2D eigenvalue weighted by Crippen LogP contribution is -2.48. The lowest BCUT2D eigenvalue weighted by atomic mass is 9.76. The summed E-state index contributed by atoms with van der Waals surface area (Å²) < 4.78 is 17.7. The van der Waals surface area contributed by atoms with Gasteiger partial charge in [0.25, 0.3) is 5.97 Å². The van der Waals surface area contributed by atoms with Gasteiger partial charge in [-0.3, -0.25) is 0 Å². The average Bonchev–Trinajstić information content (AvgIpc) is 2.39. The van der Waals surface area contributed by atoms with Crippen molar-refractivity contribution in [2.75, 3.05) is 19.8 Å². The van der Waals surface area contributed by atoms with Crippen molar-refractivity contribution in [3.63, 3.8) is 0 Å². The molecular formula is C16H32O3. The highest BCUT2D eigenvalue weighted by molar-refractivity contribution is 4.80. The third kappa shape index (κ3) is 4.44. The molecule has 19 heavy (non-hydrogen) atoms. The zero-order chi connectivity index (χ0) is 14.3. The summed E-state index contributed by atoms with van der Waals surface area (Å²) in [5.41, 5.74) is 0. The normalized spacial score (nSPS) is 24.9. The molecule has 0 aromatic rings. The third-order valence-electron chi connectivity index (χ3n) is 4.25. The van der Waals surface area contributed by atoms with E-state index >= 15 is 0 Å². The van der Waals surface area contributed by atoms with Gasteiger partial charge in [-0.15, -0.1) is 0 Å². The molecule has 0 amide bonds. The van der Waals surface area contributed by atoms with Crippen molar-refractivity contribution in [2.45, 2.75) is 66.3 Å². The molecule has 0 N–H and O–H groups in total. The molecule has 1 rings (SSSR count). The standard InChI is InChI=1S/C16H32O3/c1-6-17-16(18-7-2,19-8-3)15-11-9-14(10-12-15)13(4)5/h13-15H,6-12H2,1-5H3. The van der Waals surface area contributed by atoms with Gasteiger partial charge in [-0.25, -0.2) is 0 Å². The van der Waals surface area contributed by atoms with Crippen LogP contribution in [0.3, 0.4) is 0 Å².